The van der Waals surface area contributed by atoms with Gasteiger partial charge >= 0.3 is 6.18 Å². The quantitative estimate of drug-likeness (QED) is 0.724. The van der Waals surface area contributed by atoms with Crippen molar-refractivity contribution in [1.29, 1.82) is 0 Å². The third-order valence-corrected chi connectivity index (χ3v) is 3.65. The Bertz CT molecular complexity index is 655. The number of aromatic nitrogens is 3. The van der Waals surface area contributed by atoms with Crippen LogP contribution in [0.1, 0.15) is 17.6 Å². The Kier molecular flexibility index (Phi) is 2.51. The van der Waals surface area contributed by atoms with Gasteiger partial charge in [0.25, 0.3) is 5.82 Å². The summed E-state index contributed by atoms with van der Waals surface area (Å²) in [5, 5.41) is 13.3. The SMILES string of the molecule is Nc1ccc2c(c1)C(O)n1nc(C(F)(F)F)nc1S2. The molecule has 0 aliphatic carbocycles. The first kappa shape index (κ1) is 12.3. The van der Waals surface area contributed by atoms with E-state index in [1.807, 2.05) is 0 Å². The lowest BCUT2D eigenvalue weighted by atomic mass is 10.2. The minimum absolute atomic E-state index is 0.00269. The largest absolute Gasteiger partial charge is 0.453 e. The van der Waals surface area contributed by atoms with Gasteiger partial charge < -0.3 is 10.8 Å². The van der Waals surface area contributed by atoms with E-state index in [-0.39, 0.29) is 5.16 Å². The molecule has 9 heteroatoms. The molecule has 2 heterocycles. The molecule has 0 fully saturated rings. The number of nitrogen functional groups attached to an aromatic ring is 1. The van der Waals surface area contributed by atoms with Gasteiger partial charge in [0, 0.05) is 16.1 Å². The first-order valence-corrected chi connectivity index (χ1v) is 5.97. The Hall–Kier alpha value is -1.74. The Balaban J connectivity index is 2.10. The summed E-state index contributed by atoms with van der Waals surface area (Å²) in [7, 11) is 0. The van der Waals surface area contributed by atoms with Gasteiger partial charge in [-0.3, -0.25) is 0 Å². The molecular weight excluding hydrogens is 281 g/mol. The highest BCUT2D eigenvalue weighted by atomic mass is 32.2. The molecule has 1 aromatic carbocycles. The van der Waals surface area contributed by atoms with Gasteiger partial charge in [-0.05, 0) is 30.0 Å². The monoisotopic (exact) mass is 288 g/mol. The first-order chi connectivity index (χ1) is 8.86. The van der Waals surface area contributed by atoms with Crippen LogP contribution < -0.4 is 5.73 Å². The van der Waals surface area contributed by atoms with Gasteiger partial charge in [-0.2, -0.15) is 18.2 Å². The molecule has 3 rings (SSSR count). The third-order valence-electron chi connectivity index (χ3n) is 2.60. The summed E-state index contributed by atoms with van der Waals surface area (Å²) in [5.41, 5.74) is 6.42. The number of aliphatic hydroxyl groups excluding tert-OH is 1. The molecule has 5 nitrogen and oxygen atoms in total. The number of nitrogens with zero attached hydrogens (tertiary/aromatic N) is 3. The van der Waals surface area contributed by atoms with Crippen LogP contribution >= 0.6 is 11.8 Å². The highest BCUT2D eigenvalue weighted by Gasteiger charge is 2.39. The molecule has 1 aliphatic rings. The number of benzene rings is 1. The molecule has 0 spiro atoms. The van der Waals surface area contributed by atoms with Crippen molar-refractivity contribution in [3.8, 4) is 0 Å². The molecule has 3 N–H and O–H groups in total. The van der Waals surface area contributed by atoms with Crippen LogP contribution in [-0.4, -0.2) is 19.9 Å². The lowest BCUT2D eigenvalue weighted by Gasteiger charge is -2.21. The van der Waals surface area contributed by atoms with Crippen molar-refractivity contribution in [2.45, 2.75) is 22.5 Å². The number of hydrogen-bond donors (Lipinski definition) is 2. The molecule has 1 atom stereocenters. The average molecular weight is 288 g/mol. The van der Waals surface area contributed by atoms with Crippen molar-refractivity contribution in [2.75, 3.05) is 5.73 Å². The molecule has 100 valence electrons. The highest BCUT2D eigenvalue weighted by molar-refractivity contribution is 7.99. The molecule has 0 saturated carbocycles. The van der Waals surface area contributed by atoms with Crippen LogP contribution in [0.5, 0.6) is 0 Å². The number of anilines is 1. The van der Waals surface area contributed by atoms with Gasteiger partial charge in [0.05, 0.1) is 0 Å². The fraction of sp³-hybridized carbons (Fsp3) is 0.200. The van der Waals surface area contributed by atoms with E-state index < -0.39 is 18.2 Å². The van der Waals surface area contributed by atoms with Crippen LogP contribution in [0.3, 0.4) is 0 Å². The number of hydrogen-bond acceptors (Lipinski definition) is 5. The summed E-state index contributed by atoms with van der Waals surface area (Å²) in [6, 6.07) is 4.74. The molecule has 0 amide bonds. The summed E-state index contributed by atoms with van der Waals surface area (Å²) in [6.07, 6.45) is -5.96. The Morgan fingerprint density at radius 1 is 1.37 bits per heavy atom. The van der Waals surface area contributed by atoms with E-state index in [9.17, 15) is 18.3 Å². The zero-order valence-electron chi connectivity index (χ0n) is 9.22. The summed E-state index contributed by atoms with van der Waals surface area (Å²) in [5.74, 6) is -1.27. The average Bonchev–Trinajstić information content (AvgIpc) is 2.74. The van der Waals surface area contributed by atoms with E-state index in [0.29, 0.717) is 16.1 Å². The van der Waals surface area contributed by atoms with Crippen LogP contribution in [0.25, 0.3) is 0 Å². The van der Waals surface area contributed by atoms with Crippen LogP contribution in [0, 0.1) is 0 Å². The van der Waals surface area contributed by atoms with Crippen molar-refractivity contribution >= 4 is 17.4 Å². The normalized spacial score (nSPS) is 18.0. The summed E-state index contributed by atoms with van der Waals surface area (Å²) < 4.78 is 38.5. The van der Waals surface area contributed by atoms with Gasteiger partial charge in [0.2, 0.25) is 0 Å². The minimum Gasteiger partial charge on any atom is -0.399 e. The molecule has 1 aromatic heterocycles. The zero-order chi connectivity index (χ0) is 13.8. The van der Waals surface area contributed by atoms with Gasteiger partial charge in [-0.25, -0.2) is 4.68 Å². The lowest BCUT2D eigenvalue weighted by molar-refractivity contribution is -0.145. The maximum Gasteiger partial charge on any atom is 0.453 e. The smallest absolute Gasteiger partial charge is 0.399 e. The van der Waals surface area contributed by atoms with Crippen LogP contribution in [0.2, 0.25) is 0 Å². The van der Waals surface area contributed by atoms with Gasteiger partial charge in [-0.15, -0.1) is 5.10 Å². The highest BCUT2D eigenvalue weighted by Crippen LogP contribution is 2.41. The molecule has 1 unspecified atom stereocenters. The first-order valence-electron chi connectivity index (χ1n) is 5.15. The van der Waals surface area contributed by atoms with Crippen molar-refractivity contribution in [1.82, 2.24) is 14.8 Å². The van der Waals surface area contributed by atoms with Crippen molar-refractivity contribution < 1.29 is 18.3 Å². The number of halogens is 3. The van der Waals surface area contributed by atoms with Gasteiger partial charge in [0.1, 0.15) is 0 Å². The number of fused-ring (bicyclic) bond motifs is 2. The summed E-state index contributed by atoms with van der Waals surface area (Å²) in [4.78, 5) is 4.00. The standard InChI is InChI=1S/C10H7F3N4OS/c11-10(12,13)8-15-9-17(16-8)7(18)5-3-4(14)1-2-6(5)19-9/h1-3,7,18H,14H2. The number of alkyl halides is 3. The molecule has 0 saturated heterocycles. The number of nitrogens with two attached hydrogens (primary N) is 1. The number of aliphatic hydroxyl groups is 1. The summed E-state index contributed by atoms with van der Waals surface area (Å²) in [6.45, 7) is 0. The van der Waals surface area contributed by atoms with Gasteiger partial charge in [-0.1, -0.05) is 0 Å². The van der Waals surface area contributed by atoms with E-state index in [0.717, 1.165) is 16.4 Å². The Morgan fingerprint density at radius 3 is 2.79 bits per heavy atom. The van der Waals surface area contributed by atoms with E-state index in [4.69, 9.17) is 5.73 Å². The van der Waals surface area contributed by atoms with E-state index >= 15 is 0 Å². The summed E-state index contributed by atoms with van der Waals surface area (Å²) >= 11 is 1.01. The Morgan fingerprint density at radius 2 is 2.11 bits per heavy atom. The van der Waals surface area contributed by atoms with E-state index in [1.165, 1.54) is 6.07 Å². The fourth-order valence-corrected chi connectivity index (χ4v) is 2.73. The molecule has 1 aliphatic heterocycles. The molecule has 0 bridgehead atoms. The minimum atomic E-state index is -4.64. The van der Waals surface area contributed by atoms with Crippen molar-refractivity contribution in [2.24, 2.45) is 0 Å². The molecule has 0 radical (unpaired) electrons. The molecule has 19 heavy (non-hydrogen) atoms. The fourth-order valence-electron chi connectivity index (χ4n) is 1.75. The third kappa shape index (κ3) is 1.94. The molecular formula is C10H7F3N4OS. The molecule has 2 aromatic rings. The van der Waals surface area contributed by atoms with Crippen molar-refractivity contribution in [3.05, 3.63) is 29.6 Å². The predicted octanol–water partition coefficient (Wildman–Crippen LogP) is 1.88. The second kappa shape index (κ2) is 3.87. The number of rotatable bonds is 0. The van der Waals surface area contributed by atoms with Crippen LogP contribution in [-0.2, 0) is 6.18 Å². The second-order valence-corrected chi connectivity index (χ2v) is 4.94. The van der Waals surface area contributed by atoms with Crippen LogP contribution in [0.15, 0.2) is 28.3 Å². The second-order valence-electron chi connectivity index (χ2n) is 3.93. The van der Waals surface area contributed by atoms with Gasteiger partial charge in [0.15, 0.2) is 11.4 Å². The lowest BCUT2D eigenvalue weighted by Crippen LogP contribution is -2.18. The van der Waals surface area contributed by atoms with Crippen molar-refractivity contribution in [3.63, 3.8) is 0 Å². The van der Waals surface area contributed by atoms with Crippen LogP contribution in [0.4, 0.5) is 18.9 Å². The predicted molar refractivity (Wildman–Crippen MR) is 60.4 cm³/mol. The van der Waals surface area contributed by atoms with E-state index in [1.54, 1.807) is 12.1 Å². The maximum absolute atomic E-state index is 12.5. The topological polar surface area (TPSA) is 77.0 Å². The zero-order valence-corrected chi connectivity index (χ0v) is 10.0. The maximum atomic E-state index is 12.5. The Labute approximate surface area is 109 Å². The van der Waals surface area contributed by atoms with E-state index in [2.05, 4.69) is 10.1 Å².